The molecule has 41 heavy (non-hydrogen) atoms. The monoisotopic (exact) mass is 563 g/mol. The Morgan fingerprint density at radius 1 is 1.17 bits per heavy atom. The first-order valence-electron chi connectivity index (χ1n) is 14.8. The number of ether oxygens (including phenoxy) is 1. The van der Waals surface area contributed by atoms with Crippen LogP contribution in [0.25, 0.3) is 11.2 Å². The number of nitrogens with two attached hydrogens (primary N) is 1. The minimum Gasteiger partial charge on any atom is -0.387 e. The van der Waals surface area contributed by atoms with E-state index in [2.05, 4.69) is 85.7 Å². The van der Waals surface area contributed by atoms with Crippen molar-refractivity contribution in [2.24, 2.45) is 10.9 Å². The van der Waals surface area contributed by atoms with Gasteiger partial charge < -0.3 is 20.7 Å². The van der Waals surface area contributed by atoms with E-state index in [1.165, 1.54) is 23.9 Å². The average molecular weight is 564 g/mol. The highest BCUT2D eigenvalue weighted by Gasteiger charge is 2.46. The molecule has 1 saturated carbocycles. The number of rotatable bonds is 9. The SMILES string of the molecule is C/C(CCC1CC(N(CC2OC(n3cnc4c(N)ncnc43)C(O)C2O)C(C)C)C1)=N\c1cccc(C(C)(C)C)c1. The number of aliphatic hydroxyl groups excluding tert-OH is 2. The fourth-order valence-electron chi connectivity index (χ4n) is 6.09. The lowest BCUT2D eigenvalue weighted by Crippen LogP contribution is -2.52. The van der Waals surface area contributed by atoms with Crippen LogP contribution in [-0.2, 0) is 10.2 Å². The van der Waals surface area contributed by atoms with Crippen molar-refractivity contribution in [3.63, 3.8) is 0 Å². The highest BCUT2D eigenvalue weighted by atomic mass is 16.6. The Balaban J connectivity index is 1.16. The van der Waals surface area contributed by atoms with Crippen molar-refractivity contribution in [2.45, 2.75) is 109 Å². The zero-order valence-electron chi connectivity index (χ0n) is 25.1. The van der Waals surface area contributed by atoms with Crippen LogP contribution in [0.1, 0.15) is 79.0 Å². The molecule has 4 atom stereocenters. The van der Waals surface area contributed by atoms with Gasteiger partial charge in [0.05, 0.1) is 12.0 Å². The second-order valence-corrected chi connectivity index (χ2v) is 13.1. The van der Waals surface area contributed by atoms with E-state index in [1.807, 2.05) is 0 Å². The summed E-state index contributed by atoms with van der Waals surface area (Å²) >= 11 is 0. The van der Waals surface area contributed by atoms with Gasteiger partial charge in [0.15, 0.2) is 17.7 Å². The standard InChI is InChI=1S/C31H45N7O3/c1-18(2)37(15-24-26(39)27(40)30(41-24)38-17-35-25-28(32)33-16-34-29(25)38)23-12-20(13-23)11-10-19(3)36-22-9-7-8-21(14-22)31(4,5)6/h7-9,14,16-18,20,23-24,26-27,30,39-40H,10-13,15H2,1-6H3,(H2,32,33,34)/b36-19+. The second-order valence-electron chi connectivity index (χ2n) is 13.1. The third-order valence-electron chi connectivity index (χ3n) is 8.68. The number of aliphatic imine (C=N–C) groups is 1. The van der Waals surface area contributed by atoms with E-state index in [-0.39, 0.29) is 17.3 Å². The Kier molecular flexibility index (Phi) is 8.48. The summed E-state index contributed by atoms with van der Waals surface area (Å²) in [6, 6.07) is 9.26. The molecule has 1 aliphatic heterocycles. The lowest BCUT2D eigenvalue weighted by molar-refractivity contribution is -0.0619. The zero-order valence-corrected chi connectivity index (χ0v) is 25.1. The molecule has 0 bridgehead atoms. The number of fused-ring (bicyclic) bond motifs is 1. The van der Waals surface area contributed by atoms with Gasteiger partial charge in [0, 0.05) is 24.3 Å². The first-order valence-corrected chi connectivity index (χ1v) is 14.8. The molecule has 222 valence electrons. The Morgan fingerprint density at radius 2 is 1.93 bits per heavy atom. The van der Waals surface area contributed by atoms with Crippen molar-refractivity contribution in [2.75, 3.05) is 12.3 Å². The van der Waals surface area contributed by atoms with Crippen LogP contribution in [0.4, 0.5) is 11.5 Å². The van der Waals surface area contributed by atoms with E-state index in [0.29, 0.717) is 29.7 Å². The molecule has 4 N–H and O–H groups in total. The number of aliphatic hydroxyl groups is 2. The third kappa shape index (κ3) is 6.30. The van der Waals surface area contributed by atoms with Gasteiger partial charge in [0.2, 0.25) is 0 Å². The first-order chi connectivity index (χ1) is 19.4. The Bertz CT molecular complexity index is 1380. The number of aromatic nitrogens is 4. The minimum atomic E-state index is -1.11. The van der Waals surface area contributed by atoms with Crippen LogP contribution in [0.2, 0.25) is 0 Å². The summed E-state index contributed by atoms with van der Waals surface area (Å²) in [6.45, 7) is 13.7. The minimum absolute atomic E-state index is 0.110. The van der Waals surface area contributed by atoms with E-state index >= 15 is 0 Å². The van der Waals surface area contributed by atoms with E-state index < -0.39 is 24.5 Å². The number of nitrogens with zero attached hydrogens (tertiary/aromatic N) is 6. The van der Waals surface area contributed by atoms with Crippen molar-refractivity contribution in [3.8, 4) is 0 Å². The number of nitrogen functional groups attached to an aromatic ring is 1. The molecule has 0 spiro atoms. The number of imidazole rings is 1. The summed E-state index contributed by atoms with van der Waals surface area (Å²) in [5.41, 5.74) is 10.4. The van der Waals surface area contributed by atoms with Crippen molar-refractivity contribution in [1.82, 2.24) is 24.4 Å². The van der Waals surface area contributed by atoms with Gasteiger partial charge in [-0.25, -0.2) is 15.0 Å². The summed E-state index contributed by atoms with van der Waals surface area (Å²) in [5, 5.41) is 21.8. The summed E-state index contributed by atoms with van der Waals surface area (Å²) < 4.78 is 7.86. The van der Waals surface area contributed by atoms with Gasteiger partial charge in [-0.15, -0.1) is 0 Å². The van der Waals surface area contributed by atoms with E-state index in [4.69, 9.17) is 15.5 Å². The fraction of sp³-hybridized carbons (Fsp3) is 0.613. The van der Waals surface area contributed by atoms with Crippen molar-refractivity contribution in [1.29, 1.82) is 0 Å². The molecular formula is C31H45N7O3. The molecule has 3 aromatic rings. The second kappa shape index (κ2) is 11.8. The molecule has 1 saturated heterocycles. The molecule has 1 aromatic carbocycles. The number of hydrogen-bond acceptors (Lipinski definition) is 9. The van der Waals surface area contributed by atoms with Crippen LogP contribution < -0.4 is 5.73 Å². The first kappa shape index (κ1) is 29.6. The average Bonchev–Trinajstić information content (AvgIpc) is 3.43. The molecule has 2 fully saturated rings. The van der Waals surface area contributed by atoms with E-state index in [0.717, 1.165) is 31.4 Å². The van der Waals surface area contributed by atoms with Crippen LogP contribution >= 0.6 is 0 Å². The highest BCUT2D eigenvalue weighted by Crippen LogP contribution is 2.38. The molecule has 5 rings (SSSR count). The van der Waals surface area contributed by atoms with Gasteiger partial charge in [-0.2, -0.15) is 0 Å². The predicted octanol–water partition coefficient (Wildman–Crippen LogP) is 4.39. The Hall–Kier alpha value is -2.92. The lowest BCUT2D eigenvalue weighted by atomic mass is 9.76. The Labute approximate surface area is 242 Å². The molecule has 2 aromatic heterocycles. The van der Waals surface area contributed by atoms with Gasteiger partial charge in [0.1, 0.15) is 30.2 Å². The van der Waals surface area contributed by atoms with Crippen molar-refractivity contribution < 1.29 is 14.9 Å². The van der Waals surface area contributed by atoms with Crippen LogP contribution in [0.5, 0.6) is 0 Å². The van der Waals surface area contributed by atoms with E-state index in [1.54, 1.807) is 4.57 Å². The summed E-state index contributed by atoms with van der Waals surface area (Å²) in [4.78, 5) is 19.8. The van der Waals surface area contributed by atoms with Crippen LogP contribution in [0.3, 0.4) is 0 Å². The van der Waals surface area contributed by atoms with Crippen LogP contribution in [0.15, 0.2) is 41.9 Å². The quantitative estimate of drug-likeness (QED) is 0.326. The molecular weight excluding hydrogens is 518 g/mol. The van der Waals surface area contributed by atoms with Gasteiger partial charge in [-0.05, 0) is 75.5 Å². The normalized spacial score (nSPS) is 27.2. The van der Waals surface area contributed by atoms with E-state index in [9.17, 15) is 10.2 Å². The number of anilines is 1. The van der Waals surface area contributed by atoms with Gasteiger partial charge >= 0.3 is 0 Å². The third-order valence-corrected chi connectivity index (χ3v) is 8.68. The molecule has 10 nitrogen and oxygen atoms in total. The molecule has 10 heteroatoms. The van der Waals surface area contributed by atoms with Crippen LogP contribution in [0, 0.1) is 5.92 Å². The summed E-state index contributed by atoms with van der Waals surface area (Å²) in [7, 11) is 0. The number of hydrogen-bond donors (Lipinski definition) is 3. The predicted molar refractivity (Wildman–Crippen MR) is 161 cm³/mol. The zero-order chi connectivity index (χ0) is 29.5. The summed E-state index contributed by atoms with van der Waals surface area (Å²) in [5.74, 6) is 0.919. The smallest absolute Gasteiger partial charge is 0.167 e. The topological polar surface area (TPSA) is 135 Å². The molecule has 2 aliphatic rings. The van der Waals surface area contributed by atoms with Crippen LogP contribution in [-0.4, -0.2) is 77.3 Å². The maximum absolute atomic E-state index is 10.9. The molecule has 0 radical (unpaired) electrons. The summed E-state index contributed by atoms with van der Waals surface area (Å²) in [6.07, 6.45) is 3.76. The largest absolute Gasteiger partial charge is 0.387 e. The maximum Gasteiger partial charge on any atom is 0.167 e. The highest BCUT2D eigenvalue weighted by molar-refractivity contribution is 5.84. The lowest BCUT2D eigenvalue weighted by Gasteiger charge is -2.46. The Morgan fingerprint density at radius 3 is 2.63 bits per heavy atom. The molecule has 0 amide bonds. The van der Waals surface area contributed by atoms with Gasteiger partial charge in [0.25, 0.3) is 0 Å². The maximum atomic E-state index is 10.9. The number of benzene rings is 1. The van der Waals surface area contributed by atoms with Crippen molar-refractivity contribution in [3.05, 3.63) is 42.5 Å². The molecule has 3 heterocycles. The van der Waals surface area contributed by atoms with Gasteiger partial charge in [-0.3, -0.25) is 14.5 Å². The van der Waals surface area contributed by atoms with Crippen molar-refractivity contribution >= 4 is 28.4 Å². The molecule has 4 unspecified atom stereocenters. The fourth-order valence-corrected chi connectivity index (χ4v) is 6.09. The van der Waals surface area contributed by atoms with Gasteiger partial charge in [-0.1, -0.05) is 32.9 Å². The molecule has 1 aliphatic carbocycles.